The van der Waals surface area contributed by atoms with Crippen molar-refractivity contribution in [2.75, 3.05) is 13.1 Å². The van der Waals surface area contributed by atoms with Crippen LogP contribution in [0.4, 0.5) is 4.79 Å². The van der Waals surface area contributed by atoms with Crippen molar-refractivity contribution < 1.29 is 4.79 Å². The predicted octanol–water partition coefficient (Wildman–Crippen LogP) is 3.92. The molecule has 146 valence electrons. The van der Waals surface area contributed by atoms with Crippen LogP contribution in [-0.4, -0.2) is 38.6 Å². The lowest BCUT2D eigenvalue weighted by Gasteiger charge is -2.33. The predicted molar refractivity (Wildman–Crippen MR) is 110 cm³/mol. The molecule has 1 aliphatic heterocycles. The van der Waals surface area contributed by atoms with E-state index in [0.29, 0.717) is 5.92 Å². The second-order valence-electron chi connectivity index (χ2n) is 7.65. The smallest absolute Gasteiger partial charge is 0.317 e. The number of imidazole rings is 1. The van der Waals surface area contributed by atoms with Gasteiger partial charge in [0.15, 0.2) is 0 Å². The molecule has 1 fully saturated rings. The molecule has 0 bridgehead atoms. The molecule has 2 amide bonds. The number of aryl methyl sites for hydroxylation is 1. The molecule has 1 saturated heterocycles. The normalized spacial score (nSPS) is 16.3. The summed E-state index contributed by atoms with van der Waals surface area (Å²) in [7, 11) is 0. The number of nitrogens with zero attached hydrogens (tertiary/aromatic N) is 4. The van der Waals surface area contributed by atoms with E-state index in [4.69, 9.17) is 0 Å². The minimum Gasteiger partial charge on any atom is -0.331 e. The van der Waals surface area contributed by atoms with Crippen LogP contribution >= 0.6 is 0 Å². The molecule has 2 aromatic heterocycles. The molecule has 0 radical (unpaired) electrons. The molecular weight excluding hydrogens is 350 g/mol. The Morgan fingerprint density at radius 3 is 2.71 bits per heavy atom. The van der Waals surface area contributed by atoms with Gasteiger partial charge in [-0.05, 0) is 44.2 Å². The Labute approximate surface area is 165 Å². The zero-order valence-electron chi connectivity index (χ0n) is 16.5. The number of aromatic nitrogens is 3. The van der Waals surface area contributed by atoms with Crippen molar-refractivity contribution in [3.8, 4) is 0 Å². The fourth-order valence-corrected chi connectivity index (χ4v) is 4.01. The number of pyridine rings is 1. The molecule has 3 heterocycles. The van der Waals surface area contributed by atoms with Crippen molar-refractivity contribution in [2.45, 2.75) is 39.3 Å². The Morgan fingerprint density at radius 2 is 1.96 bits per heavy atom. The highest BCUT2D eigenvalue weighted by atomic mass is 16.2. The maximum absolute atomic E-state index is 12.6. The number of rotatable bonds is 4. The largest absolute Gasteiger partial charge is 0.331 e. The monoisotopic (exact) mass is 377 g/mol. The number of carbonyl (C=O) groups excluding carboxylic acids is 1. The minimum absolute atomic E-state index is 0.0139. The number of amides is 2. The van der Waals surface area contributed by atoms with E-state index >= 15 is 0 Å². The molecule has 0 spiro atoms. The Balaban J connectivity index is 1.33. The van der Waals surface area contributed by atoms with Crippen LogP contribution in [0.2, 0.25) is 0 Å². The van der Waals surface area contributed by atoms with Crippen LogP contribution in [0, 0.1) is 12.8 Å². The van der Waals surface area contributed by atoms with Gasteiger partial charge in [-0.1, -0.05) is 30.3 Å². The third-order valence-corrected chi connectivity index (χ3v) is 5.72. The van der Waals surface area contributed by atoms with Gasteiger partial charge < -0.3 is 14.8 Å². The van der Waals surface area contributed by atoms with Crippen molar-refractivity contribution in [1.82, 2.24) is 24.8 Å². The van der Waals surface area contributed by atoms with Crippen LogP contribution in [0.1, 0.15) is 37.2 Å². The number of fused-ring (bicyclic) bond motifs is 1. The lowest BCUT2D eigenvalue weighted by atomic mass is 9.96. The summed E-state index contributed by atoms with van der Waals surface area (Å²) in [6, 6.07) is 12.2. The molecule has 6 nitrogen and oxygen atoms in total. The summed E-state index contributed by atoms with van der Waals surface area (Å²) in [5.74, 6) is 1.58. The van der Waals surface area contributed by atoms with Gasteiger partial charge in [-0.25, -0.2) is 9.78 Å². The number of hydrogen-bond donors (Lipinski definition) is 1. The highest BCUT2D eigenvalue weighted by Crippen LogP contribution is 2.23. The minimum atomic E-state index is 0.0139. The fraction of sp³-hybridized carbons (Fsp3) is 0.409. The topological polar surface area (TPSA) is 63.1 Å². The molecule has 0 unspecified atom stereocenters. The number of benzene rings is 1. The Morgan fingerprint density at radius 1 is 1.21 bits per heavy atom. The first-order valence-electron chi connectivity index (χ1n) is 9.99. The molecule has 3 aromatic rings. The summed E-state index contributed by atoms with van der Waals surface area (Å²) in [6.07, 6.45) is 5.66. The van der Waals surface area contributed by atoms with Gasteiger partial charge in [-0.2, -0.15) is 0 Å². The van der Waals surface area contributed by atoms with Gasteiger partial charge in [0.25, 0.3) is 0 Å². The highest BCUT2D eigenvalue weighted by Gasteiger charge is 2.25. The lowest BCUT2D eigenvalue weighted by Crippen LogP contribution is -2.45. The van der Waals surface area contributed by atoms with Crippen molar-refractivity contribution in [3.63, 3.8) is 0 Å². The molecule has 1 N–H and O–H groups in total. The molecular formula is C22H27N5O. The maximum atomic E-state index is 12.6. The molecule has 0 aliphatic carbocycles. The maximum Gasteiger partial charge on any atom is 0.317 e. The van der Waals surface area contributed by atoms with Crippen LogP contribution in [-0.2, 0) is 6.54 Å². The van der Waals surface area contributed by atoms with Gasteiger partial charge in [-0.3, -0.25) is 4.98 Å². The van der Waals surface area contributed by atoms with E-state index in [1.54, 1.807) is 0 Å². The van der Waals surface area contributed by atoms with E-state index in [2.05, 4.69) is 19.9 Å². The summed E-state index contributed by atoms with van der Waals surface area (Å²) in [6.45, 7) is 6.62. The molecule has 1 aromatic carbocycles. The SMILES string of the molecule is Cc1nc2cnccc2n1CC1CCN(C(=O)N[C@@H](C)c2ccccc2)CC1. The molecule has 28 heavy (non-hydrogen) atoms. The first kappa shape index (κ1) is 18.5. The van der Waals surface area contributed by atoms with Crippen LogP contribution < -0.4 is 5.32 Å². The third kappa shape index (κ3) is 3.86. The van der Waals surface area contributed by atoms with Crippen molar-refractivity contribution in [3.05, 3.63) is 60.2 Å². The van der Waals surface area contributed by atoms with Crippen molar-refractivity contribution >= 4 is 17.1 Å². The van der Waals surface area contributed by atoms with E-state index < -0.39 is 0 Å². The zero-order chi connectivity index (χ0) is 19.5. The number of likely N-dealkylation sites (tertiary alicyclic amines) is 1. The van der Waals surface area contributed by atoms with Gasteiger partial charge in [0.2, 0.25) is 0 Å². The quantitative estimate of drug-likeness (QED) is 0.749. The van der Waals surface area contributed by atoms with Crippen molar-refractivity contribution in [1.29, 1.82) is 0 Å². The van der Waals surface area contributed by atoms with Crippen LogP contribution in [0.5, 0.6) is 0 Å². The number of nitrogens with one attached hydrogen (secondary N) is 1. The van der Waals surface area contributed by atoms with Gasteiger partial charge in [-0.15, -0.1) is 0 Å². The standard InChI is InChI=1S/C22H27N5O/c1-16(19-6-4-3-5-7-19)24-22(28)26-12-9-18(10-13-26)15-27-17(2)25-20-14-23-11-8-21(20)27/h3-8,11,14,16,18H,9-10,12-13,15H2,1-2H3,(H,24,28)/t16-/m0/s1. The number of piperidine rings is 1. The van der Waals surface area contributed by atoms with Crippen LogP contribution in [0.3, 0.4) is 0 Å². The van der Waals surface area contributed by atoms with E-state index in [1.165, 1.54) is 0 Å². The molecule has 1 atom stereocenters. The van der Waals surface area contributed by atoms with Crippen molar-refractivity contribution in [2.24, 2.45) is 5.92 Å². The van der Waals surface area contributed by atoms with Gasteiger partial charge in [0.1, 0.15) is 11.3 Å². The summed E-state index contributed by atoms with van der Waals surface area (Å²) in [5.41, 5.74) is 3.22. The second kappa shape index (κ2) is 8.00. The average molecular weight is 377 g/mol. The van der Waals surface area contributed by atoms with Gasteiger partial charge >= 0.3 is 6.03 Å². The average Bonchev–Trinajstić information content (AvgIpc) is 3.04. The Hall–Kier alpha value is -2.89. The van der Waals surface area contributed by atoms with Gasteiger partial charge in [0.05, 0.1) is 17.8 Å². The van der Waals surface area contributed by atoms with E-state index in [9.17, 15) is 4.79 Å². The molecule has 1 aliphatic rings. The number of carbonyl (C=O) groups is 1. The highest BCUT2D eigenvalue weighted by molar-refractivity contribution is 5.75. The lowest BCUT2D eigenvalue weighted by molar-refractivity contribution is 0.163. The van der Waals surface area contributed by atoms with E-state index in [-0.39, 0.29) is 12.1 Å². The first-order chi connectivity index (χ1) is 13.6. The summed E-state index contributed by atoms with van der Waals surface area (Å²) in [4.78, 5) is 23.3. The van der Waals surface area contributed by atoms with Crippen LogP contribution in [0.25, 0.3) is 11.0 Å². The molecule has 4 rings (SSSR count). The Bertz CT molecular complexity index is 944. The number of urea groups is 1. The summed E-state index contributed by atoms with van der Waals surface area (Å²) in [5, 5.41) is 3.12. The third-order valence-electron chi connectivity index (χ3n) is 5.72. The van der Waals surface area contributed by atoms with Crippen LogP contribution in [0.15, 0.2) is 48.8 Å². The molecule has 0 saturated carbocycles. The van der Waals surface area contributed by atoms with E-state index in [0.717, 1.165) is 54.9 Å². The fourth-order valence-electron chi connectivity index (χ4n) is 4.01. The first-order valence-corrected chi connectivity index (χ1v) is 9.99. The molecule has 6 heteroatoms. The number of hydrogen-bond acceptors (Lipinski definition) is 3. The summed E-state index contributed by atoms with van der Waals surface area (Å²) >= 11 is 0. The summed E-state index contributed by atoms with van der Waals surface area (Å²) < 4.78 is 2.29. The zero-order valence-corrected chi connectivity index (χ0v) is 16.5. The second-order valence-corrected chi connectivity index (χ2v) is 7.65. The Kier molecular flexibility index (Phi) is 5.28. The van der Waals surface area contributed by atoms with Gasteiger partial charge in [0, 0.05) is 25.8 Å². The van der Waals surface area contributed by atoms with E-state index in [1.807, 2.05) is 67.5 Å².